The van der Waals surface area contributed by atoms with Gasteiger partial charge in [0.1, 0.15) is 0 Å². The van der Waals surface area contributed by atoms with Crippen molar-refractivity contribution in [1.82, 2.24) is 0 Å². The third-order valence-corrected chi connectivity index (χ3v) is 1.69. The number of carbonyl (C=O) groups is 2. The molecule has 0 aliphatic carbocycles. The predicted octanol–water partition coefficient (Wildman–Crippen LogP) is 0.492. The monoisotopic (exact) mass is 218 g/mol. The minimum absolute atomic E-state index is 0.111. The lowest BCUT2D eigenvalue weighted by atomic mass is 10.3. The maximum Gasteiger partial charge on any atom is 0.516 e. The maximum absolute atomic E-state index is 11.2. The molecule has 1 rings (SSSR count). The molecule has 1 heterocycles. The lowest BCUT2D eigenvalue weighted by Gasteiger charge is -2.20. The molecule has 0 bridgehead atoms. The normalized spacial score (nSPS) is 20.7. The van der Waals surface area contributed by atoms with Crippen LogP contribution in [0.15, 0.2) is 0 Å². The lowest BCUT2D eigenvalue weighted by molar-refractivity contribution is -0.166. The van der Waals surface area contributed by atoms with Crippen molar-refractivity contribution in [3.8, 4) is 0 Å². The van der Waals surface area contributed by atoms with Gasteiger partial charge in [0, 0.05) is 0 Å². The van der Waals surface area contributed by atoms with E-state index >= 15 is 0 Å². The second-order valence-electron chi connectivity index (χ2n) is 2.95. The largest absolute Gasteiger partial charge is 0.516 e. The van der Waals surface area contributed by atoms with E-state index in [9.17, 15) is 9.59 Å². The summed E-state index contributed by atoms with van der Waals surface area (Å²) in [5.41, 5.74) is 0. The standard InChI is InChI=1S/C9H14O6/c1-2-3-14-9(11)15-8(10)7-6-12-4-5-13-7/h7H,2-6H2,1H3. The van der Waals surface area contributed by atoms with Gasteiger partial charge in [-0.25, -0.2) is 9.59 Å². The molecular formula is C9H14O6. The summed E-state index contributed by atoms with van der Waals surface area (Å²) in [7, 11) is 0. The zero-order valence-electron chi connectivity index (χ0n) is 8.56. The molecule has 6 nitrogen and oxygen atoms in total. The van der Waals surface area contributed by atoms with Crippen molar-refractivity contribution in [2.75, 3.05) is 26.4 Å². The van der Waals surface area contributed by atoms with Crippen molar-refractivity contribution < 1.29 is 28.5 Å². The number of hydrogen-bond donors (Lipinski definition) is 0. The molecule has 86 valence electrons. The summed E-state index contributed by atoms with van der Waals surface area (Å²) in [4.78, 5) is 22.1. The van der Waals surface area contributed by atoms with Crippen molar-refractivity contribution in [1.29, 1.82) is 0 Å². The summed E-state index contributed by atoms with van der Waals surface area (Å²) < 4.78 is 19.0. The second kappa shape index (κ2) is 6.36. The lowest BCUT2D eigenvalue weighted by Crippen LogP contribution is -2.37. The van der Waals surface area contributed by atoms with Gasteiger partial charge in [-0.05, 0) is 6.42 Å². The Balaban J connectivity index is 2.24. The van der Waals surface area contributed by atoms with Crippen molar-refractivity contribution >= 4 is 12.1 Å². The van der Waals surface area contributed by atoms with Crippen LogP contribution in [0.1, 0.15) is 13.3 Å². The first-order valence-corrected chi connectivity index (χ1v) is 4.82. The second-order valence-corrected chi connectivity index (χ2v) is 2.95. The molecule has 0 spiro atoms. The molecule has 0 amide bonds. The van der Waals surface area contributed by atoms with Gasteiger partial charge in [0.05, 0.1) is 26.4 Å². The molecule has 0 saturated carbocycles. The highest BCUT2D eigenvalue weighted by atomic mass is 16.7. The van der Waals surface area contributed by atoms with E-state index in [0.29, 0.717) is 19.6 Å². The highest BCUT2D eigenvalue weighted by molar-refractivity contribution is 5.85. The number of ether oxygens (including phenoxy) is 4. The molecule has 1 saturated heterocycles. The molecule has 1 atom stereocenters. The SMILES string of the molecule is CCCOC(=O)OC(=O)C1COCCO1. The van der Waals surface area contributed by atoms with Crippen LogP contribution in [-0.4, -0.2) is 44.7 Å². The number of esters is 1. The van der Waals surface area contributed by atoms with Gasteiger partial charge in [0.15, 0.2) is 6.10 Å². The quantitative estimate of drug-likeness (QED) is 0.507. The molecule has 0 aromatic rings. The molecule has 15 heavy (non-hydrogen) atoms. The summed E-state index contributed by atoms with van der Waals surface area (Å²) in [6, 6.07) is 0. The third kappa shape index (κ3) is 4.26. The molecule has 1 aliphatic rings. The fourth-order valence-corrected chi connectivity index (χ4v) is 0.987. The summed E-state index contributed by atoms with van der Waals surface area (Å²) in [6.07, 6.45) is -1.14. The Bertz CT molecular complexity index is 221. The molecule has 0 aromatic carbocycles. The summed E-state index contributed by atoms with van der Waals surface area (Å²) in [5, 5.41) is 0. The van der Waals surface area contributed by atoms with Crippen LogP contribution in [0.3, 0.4) is 0 Å². The number of hydrogen-bond acceptors (Lipinski definition) is 6. The Morgan fingerprint density at radius 2 is 2.20 bits per heavy atom. The van der Waals surface area contributed by atoms with Crippen LogP contribution in [0, 0.1) is 0 Å². The molecule has 0 aromatic heterocycles. The zero-order chi connectivity index (χ0) is 11.1. The smallest absolute Gasteiger partial charge is 0.434 e. The van der Waals surface area contributed by atoms with Crippen molar-refractivity contribution in [3.63, 3.8) is 0 Å². The molecule has 6 heteroatoms. The fraction of sp³-hybridized carbons (Fsp3) is 0.778. The first-order valence-electron chi connectivity index (χ1n) is 4.82. The summed E-state index contributed by atoms with van der Waals surface area (Å²) >= 11 is 0. The summed E-state index contributed by atoms with van der Waals surface area (Å²) in [5.74, 6) is -0.768. The van der Waals surface area contributed by atoms with Gasteiger partial charge in [-0.1, -0.05) is 6.92 Å². The van der Waals surface area contributed by atoms with E-state index in [0.717, 1.165) is 0 Å². The van der Waals surface area contributed by atoms with E-state index in [1.54, 1.807) is 0 Å². The van der Waals surface area contributed by atoms with Gasteiger partial charge in [0.2, 0.25) is 0 Å². The van der Waals surface area contributed by atoms with Crippen molar-refractivity contribution in [2.24, 2.45) is 0 Å². The predicted molar refractivity (Wildman–Crippen MR) is 48.3 cm³/mol. The molecule has 0 N–H and O–H groups in total. The highest BCUT2D eigenvalue weighted by Crippen LogP contribution is 2.03. The summed E-state index contributed by atoms with van der Waals surface area (Å²) in [6.45, 7) is 2.95. The van der Waals surface area contributed by atoms with E-state index in [4.69, 9.17) is 9.47 Å². The van der Waals surface area contributed by atoms with E-state index in [-0.39, 0.29) is 13.2 Å². The van der Waals surface area contributed by atoms with Gasteiger partial charge < -0.3 is 18.9 Å². The van der Waals surface area contributed by atoms with E-state index in [2.05, 4.69) is 9.47 Å². The van der Waals surface area contributed by atoms with Crippen LogP contribution in [0.2, 0.25) is 0 Å². The molecule has 1 aliphatic heterocycles. The van der Waals surface area contributed by atoms with E-state index < -0.39 is 18.2 Å². The molecule has 0 radical (unpaired) electrons. The van der Waals surface area contributed by atoms with Crippen LogP contribution in [0.4, 0.5) is 4.79 Å². The molecule has 1 fully saturated rings. The van der Waals surface area contributed by atoms with Crippen molar-refractivity contribution in [3.05, 3.63) is 0 Å². The topological polar surface area (TPSA) is 71.1 Å². The first kappa shape index (κ1) is 11.9. The Hall–Kier alpha value is -1.14. The average molecular weight is 218 g/mol. The molecule has 1 unspecified atom stereocenters. The van der Waals surface area contributed by atoms with Crippen LogP contribution >= 0.6 is 0 Å². The van der Waals surface area contributed by atoms with E-state index in [1.165, 1.54) is 0 Å². The average Bonchev–Trinajstić information content (AvgIpc) is 2.27. The van der Waals surface area contributed by atoms with Gasteiger partial charge in [-0.2, -0.15) is 0 Å². The Kier molecular flexibility index (Phi) is 5.06. The highest BCUT2D eigenvalue weighted by Gasteiger charge is 2.26. The van der Waals surface area contributed by atoms with Crippen LogP contribution in [-0.2, 0) is 23.7 Å². The van der Waals surface area contributed by atoms with Gasteiger partial charge in [-0.3, -0.25) is 0 Å². The fourth-order valence-electron chi connectivity index (χ4n) is 0.987. The Labute approximate surface area is 87.4 Å². The van der Waals surface area contributed by atoms with Gasteiger partial charge in [0.25, 0.3) is 0 Å². The minimum atomic E-state index is -0.990. The van der Waals surface area contributed by atoms with Gasteiger partial charge >= 0.3 is 12.1 Å². The third-order valence-electron chi connectivity index (χ3n) is 1.69. The van der Waals surface area contributed by atoms with Gasteiger partial charge in [-0.15, -0.1) is 0 Å². The number of rotatable bonds is 3. The Morgan fingerprint density at radius 1 is 1.40 bits per heavy atom. The van der Waals surface area contributed by atoms with Crippen molar-refractivity contribution in [2.45, 2.75) is 19.4 Å². The maximum atomic E-state index is 11.2. The van der Waals surface area contributed by atoms with Crippen LogP contribution in [0.25, 0.3) is 0 Å². The van der Waals surface area contributed by atoms with Crippen LogP contribution in [0.5, 0.6) is 0 Å². The molecular weight excluding hydrogens is 204 g/mol. The van der Waals surface area contributed by atoms with E-state index in [1.807, 2.05) is 6.92 Å². The van der Waals surface area contributed by atoms with Crippen LogP contribution < -0.4 is 0 Å². The number of carbonyl (C=O) groups excluding carboxylic acids is 2. The Morgan fingerprint density at radius 3 is 2.80 bits per heavy atom. The first-order chi connectivity index (χ1) is 7.24. The minimum Gasteiger partial charge on any atom is -0.434 e. The zero-order valence-corrected chi connectivity index (χ0v) is 8.56.